The molecule has 1 unspecified atom stereocenters. The Morgan fingerprint density at radius 2 is 1.94 bits per heavy atom. The van der Waals surface area contributed by atoms with Crippen LogP contribution in [-0.4, -0.2) is 33.6 Å². The van der Waals surface area contributed by atoms with Crippen molar-refractivity contribution in [2.24, 2.45) is 0 Å². The van der Waals surface area contributed by atoms with Crippen molar-refractivity contribution >= 4 is 27.8 Å². The van der Waals surface area contributed by atoms with Crippen LogP contribution in [0, 0.1) is 0 Å². The number of aryl methyl sites for hydroxylation is 1. The molecule has 0 radical (unpaired) electrons. The molecule has 8 heteroatoms. The molecule has 0 saturated carbocycles. The number of benzene rings is 1. The summed E-state index contributed by atoms with van der Waals surface area (Å²) in [5.74, 6) is 0.470. The predicted molar refractivity (Wildman–Crippen MR) is 138 cm³/mol. The molecule has 1 N–H and O–H groups in total. The highest BCUT2D eigenvalue weighted by atomic mass is 79.9. The Labute approximate surface area is 209 Å². The van der Waals surface area contributed by atoms with Gasteiger partial charge in [0, 0.05) is 28.7 Å². The summed E-state index contributed by atoms with van der Waals surface area (Å²) in [7, 11) is 1.62. The van der Waals surface area contributed by atoms with Crippen molar-refractivity contribution in [2.75, 3.05) is 12.4 Å². The fourth-order valence-corrected chi connectivity index (χ4v) is 3.93. The molecule has 1 amide bonds. The summed E-state index contributed by atoms with van der Waals surface area (Å²) in [6, 6.07) is 13.9. The van der Waals surface area contributed by atoms with Gasteiger partial charge in [0.25, 0.3) is 0 Å². The SMILES string of the molecule is CCn1nc(-c2ccccn2)c(C(C/C=C/OC)c2ccc(Br)cc2)c1NC(=O)OC(C)(C)C. The summed E-state index contributed by atoms with van der Waals surface area (Å²) in [6.45, 7) is 8.06. The quantitative estimate of drug-likeness (QED) is 0.328. The van der Waals surface area contributed by atoms with Crippen molar-refractivity contribution in [3.63, 3.8) is 0 Å². The standard InChI is InChI=1S/C26H31BrN4O3/c1-6-31-24(29-25(32)34-26(2,3)4)22(23(30-31)21-11-7-8-16-28-21)20(10-9-17-33-5)18-12-14-19(27)15-13-18/h7-9,11-17,20H,6,10H2,1-5H3,(H,29,32)/b17-9+. The highest BCUT2D eigenvalue weighted by Gasteiger charge is 2.29. The van der Waals surface area contributed by atoms with E-state index >= 15 is 0 Å². The van der Waals surface area contributed by atoms with E-state index in [9.17, 15) is 4.79 Å². The summed E-state index contributed by atoms with van der Waals surface area (Å²) in [6.07, 6.45) is 5.48. The number of allylic oxidation sites excluding steroid dienone is 1. The number of hydrogen-bond donors (Lipinski definition) is 1. The summed E-state index contributed by atoms with van der Waals surface area (Å²) in [5.41, 5.74) is 2.76. The van der Waals surface area contributed by atoms with Gasteiger partial charge in [-0.1, -0.05) is 34.1 Å². The summed E-state index contributed by atoms with van der Waals surface area (Å²) < 4.78 is 13.5. The molecule has 1 atom stereocenters. The average molecular weight is 527 g/mol. The number of nitrogens with one attached hydrogen (secondary N) is 1. The van der Waals surface area contributed by atoms with Crippen LogP contribution in [-0.2, 0) is 16.0 Å². The van der Waals surface area contributed by atoms with E-state index in [2.05, 4.69) is 38.4 Å². The second-order valence-corrected chi connectivity index (χ2v) is 9.63. The van der Waals surface area contributed by atoms with Gasteiger partial charge in [-0.3, -0.25) is 10.3 Å². The van der Waals surface area contributed by atoms with Crippen LogP contribution in [0.15, 0.2) is 65.5 Å². The molecule has 180 valence electrons. The second kappa shape index (κ2) is 11.3. The maximum Gasteiger partial charge on any atom is 0.413 e. The van der Waals surface area contributed by atoms with Crippen LogP contribution < -0.4 is 5.32 Å². The maximum absolute atomic E-state index is 12.8. The van der Waals surface area contributed by atoms with Gasteiger partial charge in [-0.15, -0.1) is 0 Å². The molecule has 0 bridgehead atoms. The first-order chi connectivity index (χ1) is 16.2. The first-order valence-electron chi connectivity index (χ1n) is 11.2. The van der Waals surface area contributed by atoms with Gasteiger partial charge in [-0.05, 0) is 70.0 Å². The number of nitrogens with zero attached hydrogens (tertiary/aromatic N) is 3. The minimum Gasteiger partial charge on any atom is -0.505 e. The van der Waals surface area contributed by atoms with E-state index in [0.717, 1.165) is 21.3 Å². The first kappa shape index (κ1) is 25.5. The zero-order chi connectivity index (χ0) is 24.7. The van der Waals surface area contributed by atoms with E-state index < -0.39 is 11.7 Å². The lowest BCUT2D eigenvalue weighted by Gasteiger charge is -2.22. The van der Waals surface area contributed by atoms with Crippen molar-refractivity contribution in [3.8, 4) is 11.4 Å². The van der Waals surface area contributed by atoms with Crippen molar-refractivity contribution in [1.29, 1.82) is 0 Å². The monoisotopic (exact) mass is 526 g/mol. The molecule has 7 nitrogen and oxygen atoms in total. The lowest BCUT2D eigenvalue weighted by Crippen LogP contribution is -2.28. The van der Waals surface area contributed by atoms with Gasteiger partial charge in [0.15, 0.2) is 0 Å². The molecule has 0 aliphatic carbocycles. The number of aromatic nitrogens is 3. The fourth-order valence-electron chi connectivity index (χ4n) is 3.66. The van der Waals surface area contributed by atoms with Crippen molar-refractivity contribution < 1.29 is 14.3 Å². The topological polar surface area (TPSA) is 78.3 Å². The third kappa shape index (κ3) is 6.47. The van der Waals surface area contributed by atoms with Gasteiger partial charge in [0.05, 0.1) is 19.1 Å². The van der Waals surface area contributed by atoms with Gasteiger partial charge >= 0.3 is 6.09 Å². The minimum absolute atomic E-state index is 0.123. The van der Waals surface area contributed by atoms with Gasteiger partial charge in [0.1, 0.15) is 17.1 Å². The molecular weight excluding hydrogens is 496 g/mol. The number of rotatable bonds is 8. The molecule has 2 heterocycles. The minimum atomic E-state index is -0.628. The summed E-state index contributed by atoms with van der Waals surface area (Å²) in [4.78, 5) is 17.4. The Bertz CT molecular complexity index is 1120. The molecule has 0 spiro atoms. The molecular formula is C26H31BrN4O3. The molecule has 0 saturated heterocycles. The van der Waals surface area contributed by atoms with E-state index in [1.807, 2.05) is 64.1 Å². The van der Waals surface area contributed by atoms with Crippen molar-refractivity contribution in [2.45, 2.75) is 52.2 Å². The van der Waals surface area contributed by atoms with Crippen molar-refractivity contribution in [1.82, 2.24) is 14.8 Å². The van der Waals surface area contributed by atoms with E-state index in [1.54, 1.807) is 24.3 Å². The van der Waals surface area contributed by atoms with Gasteiger partial charge < -0.3 is 9.47 Å². The zero-order valence-corrected chi connectivity index (χ0v) is 21.8. The molecule has 1 aromatic carbocycles. The van der Waals surface area contributed by atoms with E-state index in [0.29, 0.717) is 24.5 Å². The average Bonchev–Trinajstić information content (AvgIpc) is 3.14. The Morgan fingerprint density at radius 3 is 2.53 bits per heavy atom. The van der Waals surface area contributed by atoms with Crippen LogP contribution in [0.25, 0.3) is 11.4 Å². The third-order valence-electron chi connectivity index (χ3n) is 5.04. The van der Waals surface area contributed by atoms with Gasteiger partial charge in [-0.25, -0.2) is 9.48 Å². The number of halogens is 1. The molecule has 0 aliphatic heterocycles. The predicted octanol–water partition coefficient (Wildman–Crippen LogP) is 6.76. The number of pyridine rings is 1. The maximum atomic E-state index is 12.8. The van der Waals surface area contributed by atoms with Crippen LogP contribution in [0.5, 0.6) is 0 Å². The number of anilines is 1. The van der Waals surface area contributed by atoms with Crippen molar-refractivity contribution in [3.05, 3.63) is 76.6 Å². The molecule has 3 rings (SSSR count). The number of amides is 1. The van der Waals surface area contributed by atoms with Crippen LogP contribution in [0.1, 0.15) is 51.2 Å². The largest absolute Gasteiger partial charge is 0.505 e. The van der Waals surface area contributed by atoms with E-state index in [1.165, 1.54) is 0 Å². The van der Waals surface area contributed by atoms with Gasteiger partial charge in [0.2, 0.25) is 0 Å². The number of ether oxygens (including phenoxy) is 2. The first-order valence-corrected chi connectivity index (χ1v) is 12.0. The lowest BCUT2D eigenvalue weighted by atomic mass is 9.87. The fraction of sp³-hybridized carbons (Fsp3) is 0.346. The molecule has 0 fully saturated rings. The molecule has 3 aromatic rings. The van der Waals surface area contributed by atoms with E-state index in [-0.39, 0.29) is 5.92 Å². The Balaban J connectivity index is 2.22. The number of methoxy groups -OCH3 is 1. The summed E-state index contributed by atoms with van der Waals surface area (Å²) >= 11 is 3.52. The van der Waals surface area contributed by atoms with E-state index in [4.69, 9.17) is 14.6 Å². The number of carbonyl (C=O) groups is 1. The Hall–Kier alpha value is -3.13. The van der Waals surface area contributed by atoms with Crippen LogP contribution in [0.3, 0.4) is 0 Å². The van der Waals surface area contributed by atoms with Crippen LogP contribution in [0.2, 0.25) is 0 Å². The summed E-state index contributed by atoms with van der Waals surface area (Å²) in [5, 5.41) is 7.84. The molecule has 2 aromatic heterocycles. The third-order valence-corrected chi connectivity index (χ3v) is 5.57. The number of carbonyl (C=O) groups excluding carboxylic acids is 1. The Kier molecular flexibility index (Phi) is 8.50. The molecule has 0 aliphatic rings. The number of hydrogen-bond acceptors (Lipinski definition) is 5. The highest BCUT2D eigenvalue weighted by Crippen LogP contribution is 2.40. The highest BCUT2D eigenvalue weighted by molar-refractivity contribution is 9.10. The molecule has 34 heavy (non-hydrogen) atoms. The van der Waals surface area contributed by atoms with Crippen LogP contribution >= 0.6 is 15.9 Å². The van der Waals surface area contributed by atoms with Crippen LogP contribution in [0.4, 0.5) is 10.6 Å². The lowest BCUT2D eigenvalue weighted by molar-refractivity contribution is 0.0634. The normalized spacial score (nSPS) is 12.5. The second-order valence-electron chi connectivity index (χ2n) is 8.72. The Morgan fingerprint density at radius 1 is 1.21 bits per heavy atom. The zero-order valence-electron chi connectivity index (χ0n) is 20.2. The van der Waals surface area contributed by atoms with Gasteiger partial charge in [-0.2, -0.15) is 5.10 Å². The smallest absolute Gasteiger partial charge is 0.413 e.